The third-order valence-corrected chi connectivity index (χ3v) is 12.3. The summed E-state index contributed by atoms with van der Waals surface area (Å²) < 4.78 is 0. The van der Waals surface area contributed by atoms with Crippen LogP contribution < -0.4 is 4.90 Å². The highest BCUT2D eigenvalue weighted by Gasteiger charge is 2.46. The minimum absolute atomic E-state index is 0.529. The molecular weight excluding hydrogens is 723 g/mol. The van der Waals surface area contributed by atoms with Gasteiger partial charge in [0.15, 0.2) is 0 Å². The lowest BCUT2D eigenvalue weighted by atomic mass is 9.67. The quantitative estimate of drug-likeness (QED) is 0.149. The average Bonchev–Trinajstić information content (AvgIpc) is 3.64. The van der Waals surface area contributed by atoms with Crippen LogP contribution in [0.25, 0.3) is 55.3 Å². The predicted octanol–water partition coefficient (Wildman–Crippen LogP) is 15.7. The van der Waals surface area contributed by atoms with Crippen molar-refractivity contribution in [2.45, 2.75) is 5.41 Å². The van der Waals surface area contributed by atoms with Crippen molar-refractivity contribution in [3.8, 4) is 44.5 Å². The summed E-state index contributed by atoms with van der Waals surface area (Å²) in [6.07, 6.45) is 0. The molecular formula is C59H41N. The highest BCUT2D eigenvalue weighted by molar-refractivity contribution is 6.01. The summed E-state index contributed by atoms with van der Waals surface area (Å²) in [6, 6.07) is 91.1. The Hall–Kier alpha value is -7.74. The fraction of sp³-hybridized carbons (Fsp3) is 0.0169. The molecule has 11 rings (SSSR count). The minimum Gasteiger partial charge on any atom is -0.310 e. The van der Waals surface area contributed by atoms with E-state index in [9.17, 15) is 0 Å². The Balaban J connectivity index is 1.15. The zero-order valence-corrected chi connectivity index (χ0v) is 33.1. The number of para-hydroxylation sites is 2. The van der Waals surface area contributed by atoms with Crippen LogP contribution in [-0.2, 0) is 5.41 Å². The largest absolute Gasteiger partial charge is 0.310 e. The van der Waals surface area contributed by atoms with Gasteiger partial charge in [0.25, 0.3) is 0 Å². The molecule has 0 aromatic heterocycles. The van der Waals surface area contributed by atoms with Crippen molar-refractivity contribution in [2.24, 2.45) is 0 Å². The molecule has 0 atom stereocenters. The maximum Gasteiger partial charge on any atom is 0.0713 e. The smallest absolute Gasteiger partial charge is 0.0713 e. The lowest BCUT2D eigenvalue weighted by Crippen LogP contribution is -2.28. The van der Waals surface area contributed by atoms with Crippen molar-refractivity contribution in [1.29, 1.82) is 0 Å². The molecule has 1 heteroatoms. The number of fused-ring (bicyclic) bond motifs is 4. The van der Waals surface area contributed by atoms with Gasteiger partial charge in [0, 0.05) is 16.9 Å². The van der Waals surface area contributed by atoms with E-state index >= 15 is 0 Å². The van der Waals surface area contributed by atoms with Crippen LogP contribution in [0.2, 0.25) is 0 Å². The maximum absolute atomic E-state index is 2.45. The molecule has 1 aliphatic carbocycles. The molecule has 0 amide bonds. The van der Waals surface area contributed by atoms with E-state index in [1.165, 1.54) is 72.0 Å². The van der Waals surface area contributed by atoms with Crippen molar-refractivity contribution in [3.05, 3.63) is 271 Å². The van der Waals surface area contributed by atoms with Gasteiger partial charge in [0.05, 0.1) is 11.1 Å². The highest BCUT2D eigenvalue weighted by atomic mass is 15.1. The van der Waals surface area contributed by atoms with Crippen LogP contribution in [0.5, 0.6) is 0 Å². The molecule has 60 heavy (non-hydrogen) atoms. The van der Waals surface area contributed by atoms with E-state index in [1.54, 1.807) is 0 Å². The van der Waals surface area contributed by atoms with E-state index in [-0.39, 0.29) is 0 Å². The lowest BCUT2D eigenvalue weighted by Gasteiger charge is -2.34. The fourth-order valence-corrected chi connectivity index (χ4v) is 9.71. The summed E-state index contributed by atoms with van der Waals surface area (Å²) in [4.78, 5) is 2.41. The second-order valence-electron chi connectivity index (χ2n) is 15.6. The Morgan fingerprint density at radius 2 is 0.783 bits per heavy atom. The first-order valence-electron chi connectivity index (χ1n) is 20.8. The number of hydrogen-bond acceptors (Lipinski definition) is 1. The van der Waals surface area contributed by atoms with Crippen molar-refractivity contribution < 1.29 is 0 Å². The number of anilines is 3. The molecule has 1 nitrogen and oxygen atoms in total. The van der Waals surface area contributed by atoms with Crippen LogP contribution in [0.3, 0.4) is 0 Å². The van der Waals surface area contributed by atoms with Crippen LogP contribution in [0.4, 0.5) is 17.1 Å². The Morgan fingerprint density at radius 1 is 0.283 bits per heavy atom. The van der Waals surface area contributed by atoms with Gasteiger partial charge in [-0.1, -0.05) is 200 Å². The third-order valence-electron chi connectivity index (χ3n) is 12.3. The van der Waals surface area contributed by atoms with Crippen LogP contribution in [0.1, 0.15) is 22.3 Å². The Bertz CT molecular complexity index is 3100. The fourth-order valence-electron chi connectivity index (χ4n) is 9.71. The van der Waals surface area contributed by atoms with Crippen molar-refractivity contribution in [1.82, 2.24) is 0 Å². The van der Waals surface area contributed by atoms with Crippen molar-refractivity contribution in [2.75, 3.05) is 4.90 Å². The van der Waals surface area contributed by atoms with Crippen LogP contribution in [0.15, 0.2) is 249 Å². The Morgan fingerprint density at radius 3 is 1.52 bits per heavy atom. The Kier molecular flexibility index (Phi) is 8.79. The van der Waals surface area contributed by atoms with E-state index in [1.807, 2.05) is 0 Å². The molecule has 0 aliphatic heterocycles. The molecule has 0 unspecified atom stereocenters. The second kappa shape index (κ2) is 14.9. The van der Waals surface area contributed by atoms with E-state index < -0.39 is 5.41 Å². The van der Waals surface area contributed by atoms with Gasteiger partial charge in [-0.25, -0.2) is 0 Å². The van der Waals surface area contributed by atoms with Crippen LogP contribution in [0, 0.1) is 0 Å². The molecule has 0 bridgehead atoms. The molecule has 0 radical (unpaired) electrons. The first-order chi connectivity index (χ1) is 29.8. The van der Waals surface area contributed by atoms with Gasteiger partial charge >= 0.3 is 0 Å². The van der Waals surface area contributed by atoms with E-state index in [0.29, 0.717) is 0 Å². The summed E-state index contributed by atoms with van der Waals surface area (Å²) in [5, 5.41) is 2.47. The van der Waals surface area contributed by atoms with Gasteiger partial charge in [-0.15, -0.1) is 0 Å². The summed E-state index contributed by atoms with van der Waals surface area (Å²) in [7, 11) is 0. The van der Waals surface area contributed by atoms with Gasteiger partial charge in [-0.3, -0.25) is 0 Å². The number of benzene rings is 10. The standard InChI is InChI=1S/C59H41N/c1-4-20-42(21-5-1)45-38-46(40-48(39-45)59(47-25-6-2-7-26-47)56-35-15-12-31-53(56)54-32-13-16-36-57(54)59)44-24-18-29-50(41-44)60(49-27-8-3-9-28-49)58-37-17-14-33-55(58)52-34-19-23-43-22-10-11-30-51(43)52/h1-41H. The van der Waals surface area contributed by atoms with Crippen LogP contribution >= 0.6 is 0 Å². The average molecular weight is 764 g/mol. The zero-order chi connectivity index (χ0) is 39.9. The minimum atomic E-state index is -0.529. The molecule has 10 aromatic rings. The molecule has 0 saturated heterocycles. The van der Waals surface area contributed by atoms with E-state index in [2.05, 4.69) is 254 Å². The highest BCUT2D eigenvalue weighted by Crippen LogP contribution is 2.57. The van der Waals surface area contributed by atoms with Gasteiger partial charge in [-0.05, 0) is 121 Å². The first kappa shape index (κ1) is 35.4. The zero-order valence-electron chi connectivity index (χ0n) is 33.1. The maximum atomic E-state index is 2.45. The summed E-state index contributed by atoms with van der Waals surface area (Å²) in [5.74, 6) is 0. The third kappa shape index (κ3) is 5.86. The molecule has 0 fully saturated rings. The van der Waals surface area contributed by atoms with E-state index in [4.69, 9.17) is 0 Å². The molecule has 10 aromatic carbocycles. The first-order valence-corrected chi connectivity index (χ1v) is 20.8. The van der Waals surface area contributed by atoms with E-state index in [0.717, 1.165) is 22.6 Å². The van der Waals surface area contributed by atoms with Gasteiger partial charge in [0.2, 0.25) is 0 Å². The van der Waals surface area contributed by atoms with Crippen molar-refractivity contribution in [3.63, 3.8) is 0 Å². The molecule has 0 spiro atoms. The summed E-state index contributed by atoms with van der Waals surface area (Å²) in [6.45, 7) is 0. The lowest BCUT2D eigenvalue weighted by molar-refractivity contribution is 0.769. The van der Waals surface area contributed by atoms with Crippen molar-refractivity contribution >= 4 is 27.8 Å². The summed E-state index contributed by atoms with van der Waals surface area (Å²) in [5.41, 5.74) is 17.6. The van der Waals surface area contributed by atoms with Gasteiger partial charge in [0.1, 0.15) is 0 Å². The van der Waals surface area contributed by atoms with Gasteiger partial charge in [-0.2, -0.15) is 0 Å². The molecule has 0 N–H and O–H groups in total. The van der Waals surface area contributed by atoms with Crippen LogP contribution in [-0.4, -0.2) is 0 Å². The monoisotopic (exact) mass is 763 g/mol. The normalized spacial score (nSPS) is 12.5. The number of hydrogen-bond donors (Lipinski definition) is 0. The number of rotatable bonds is 8. The molecule has 1 aliphatic rings. The Labute approximate surface area is 352 Å². The molecule has 0 saturated carbocycles. The topological polar surface area (TPSA) is 3.24 Å². The summed E-state index contributed by atoms with van der Waals surface area (Å²) >= 11 is 0. The molecule has 282 valence electrons. The second-order valence-corrected chi connectivity index (χ2v) is 15.6. The van der Waals surface area contributed by atoms with Gasteiger partial charge < -0.3 is 4.90 Å². The SMILES string of the molecule is c1ccc(-c2cc(-c3cccc(N(c4ccccc4)c4ccccc4-c4cccc5ccccc45)c3)cc(C3(c4ccccc4)c4ccccc4-c4ccccc43)c2)cc1. The number of nitrogens with zero attached hydrogens (tertiary/aromatic N) is 1. The molecule has 0 heterocycles. The predicted molar refractivity (Wildman–Crippen MR) is 252 cm³/mol.